The zero-order valence-corrected chi connectivity index (χ0v) is 24.4. The highest BCUT2D eigenvalue weighted by atomic mass is 16.6. The van der Waals surface area contributed by atoms with Crippen molar-refractivity contribution in [2.24, 2.45) is 0 Å². The van der Waals surface area contributed by atoms with E-state index in [4.69, 9.17) is 23.7 Å². The smallest absolute Gasteiger partial charge is 0.295 e. The van der Waals surface area contributed by atoms with E-state index in [-0.39, 0.29) is 11.3 Å². The summed E-state index contributed by atoms with van der Waals surface area (Å²) in [6.45, 7) is 9.96. The average molecular weight is 581 g/mol. The molecule has 0 bridgehead atoms. The van der Waals surface area contributed by atoms with E-state index in [0.29, 0.717) is 86.7 Å². The molecule has 0 spiro atoms. The molecule has 0 aliphatic carbocycles. The molecule has 226 valence electrons. The molecule has 2 saturated heterocycles. The summed E-state index contributed by atoms with van der Waals surface area (Å²) in [6.07, 6.45) is 2.58. The van der Waals surface area contributed by atoms with Gasteiger partial charge in [-0.05, 0) is 55.7 Å². The van der Waals surface area contributed by atoms with Crippen molar-refractivity contribution >= 4 is 17.4 Å². The lowest BCUT2D eigenvalue weighted by molar-refractivity contribution is -0.140. The van der Waals surface area contributed by atoms with Crippen LogP contribution in [0.1, 0.15) is 50.3 Å². The number of morpholine rings is 1. The van der Waals surface area contributed by atoms with Crippen LogP contribution in [-0.4, -0.2) is 92.4 Å². The van der Waals surface area contributed by atoms with Crippen LogP contribution in [0, 0.1) is 0 Å². The SMILES string of the molecule is CCCCOc1ccc([C@H]2C(=C(O)c3ccc4c(c3)OCCO4)C(=O)C(=O)N2CCCN2CCOCC2)cc1OCC. The number of carbonyl (C=O) groups excluding carboxylic acids is 2. The number of aliphatic hydroxyl groups is 1. The first-order chi connectivity index (χ1) is 20.5. The van der Waals surface area contributed by atoms with Gasteiger partial charge in [-0.25, -0.2) is 0 Å². The third-order valence-electron chi connectivity index (χ3n) is 7.67. The number of hydrogen-bond donors (Lipinski definition) is 1. The summed E-state index contributed by atoms with van der Waals surface area (Å²) in [7, 11) is 0. The molecule has 0 aromatic heterocycles. The van der Waals surface area contributed by atoms with Gasteiger partial charge in [0.2, 0.25) is 0 Å². The molecular weight excluding hydrogens is 540 g/mol. The van der Waals surface area contributed by atoms with E-state index < -0.39 is 17.7 Å². The van der Waals surface area contributed by atoms with Crippen molar-refractivity contribution in [3.05, 3.63) is 53.1 Å². The van der Waals surface area contributed by atoms with Crippen LogP contribution in [0.15, 0.2) is 42.0 Å². The number of ketones is 1. The zero-order valence-electron chi connectivity index (χ0n) is 24.4. The molecule has 2 aromatic rings. The van der Waals surface area contributed by atoms with Crippen molar-refractivity contribution in [2.45, 2.75) is 39.2 Å². The first-order valence-electron chi connectivity index (χ1n) is 14.9. The highest BCUT2D eigenvalue weighted by molar-refractivity contribution is 6.46. The van der Waals surface area contributed by atoms with E-state index in [0.717, 1.165) is 32.5 Å². The molecule has 10 nitrogen and oxygen atoms in total. The number of carbonyl (C=O) groups is 2. The predicted molar refractivity (Wildman–Crippen MR) is 156 cm³/mol. The maximum absolute atomic E-state index is 13.6. The Labute approximate surface area is 246 Å². The molecule has 0 unspecified atom stereocenters. The molecule has 5 rings (SSSR count). The van der Waals surface area contributed by atoms with Crippen molar-refractivity contribution in [1.82, 2.24) is 9.80 Å². The van der Waals surface area contributed by atoms with Gasteiger partial charge in [0.15, 0.2) is 23.0 Å². The van der Waals surface area contributed by atoms with Gasteiger partial charge in [0.25, 0.3) is 11.7 Å². The molecule has 3 heterocycles. The number of hydrogen-bond acceptors (Lipinski definition) is 9. The normalized spacial score (nSPS) is 20.1. The standard InChI is InChI=1S/C32H40N2O8/c1-3-5-15-40-24-9-7-22(20-26(24)39-4-2)29-28(30(35)23-8-10-25-27(21-23)42-19-18-41-25)31(36)32(37)34(29)12-6-11-33-13-16-38-17-14-33/h7-10,20-21,29,35H,3-6,11-19H2,1-2H3/t29-/m0/s1. The zero-order chi connectivity index (χ0) is 29.5. The number of fused-ring (bicyclic) bond motifs is 1. The molecule has 1 amide bonds. The molecular formula is C32H40N2O8. The second-order valence-electron chi connectivity index (χ2n) is 10.5. The first kappa shape index (κ1) is 29.7. The second-order valence-corrected chi connectivity index (χ2v) is 10.5. The number of ether oxygens (including phenoxy) is 5. The van der Waals surface area contributed by atoms with Crippen LogP contribution < -0.4 is 18.9 Å². The van der Waals surface area contributed by atoms with Crippen molar-refractivity contribution in [3.63, 3.8) is 0 Å². The number of rotatable bonds is 12. The Hall–Kier alpha value is -3.76. The summed E-state index contributed by atoms with van der Waals surface area (Å²) in [5, 5.41) is 11.6. The molecule has 2 aromatic carbocycles. The molecule has 42 heavy (non-hydrogen) atoms. The monoisotopic (exact) mass is 580 g/mol. The molecule has 0 saturated carbocycles. The number of aliphatic hydroxyl groups excluding tert-OH is 1. The van der Waals surface area contributed by atoms with Gasteiger partial charge < -0.3 is 33.7 Å². The summed E-state index contributed by atoms with van der Waals surface area (Å²) in [5.74, 6) is 0.566. The molecule has 10 heteroatoms. The van der Waals surface area contributed by atoms with Gasteiger partial charge >= 0.3 is 0 Å². The van der Waals surface area contributed by atoms with Crippen molar-refractivity contribution in [1.29, 1.82) is 0 Å². The summed E-state index contributed by atoms with van der Waals surface area (Å²) in [6, 6.07) is 9.68. The lowest BCUT2D eigenvalue weighted by atomic mass is 9.94. The van der Waals surface area contributed by atoms with Crippen LogP contribution in [0.2, 0.25) is 0 Å². The van der Waals surface area contributed by atoms with Crippen molar-refractivity contribution in [2.75, 3.05) is 65.8 Å². The fourth-order valence-corrected chi connectivity index (χ4v) is 5.50. The molecule has 0 radical (unpaired) electrons. The fourth-order valence-electron chi connectivity index (χ4n) is 5.50. The maximum atomic E-state index is 13.6. The van der Waals surface area contributed by atoms with Crippen LogP contribution in [0.3, 0.4) is 0 Å². The van der Waals surface area contributed by atoms with Crippen molar-refractivity contribution < 1.29 is 38.4 Å². The van der Waals surface area contributed by atoms with Gasteiger partial charge in [-0.3, -0.25) is 14.5 Å². The van der Waals surface area contributed by atoms with E-state index in [9.17, 15) is 14.7 Å². The molecule has 3 aliphatic rings. The van der Waals surface area contributed by atoms with Crippen LogP contribution in [0.5, 0.6) is 23.0 Å². The van der Waals surface area contributed by atoms with Gasteiger partial charge in [-0.1, -0.05) is 19.4 Å². The molecule has 1 atom stereocenters. The Balaban J connectivity index is 1.51. The molecule has 2 fully saturated rings. The van der Waals surface area contributed by atoms with Crippen LogP contribution in [-0.2, 0) is 14.3 Å². The Kier molecular flexibility index (Phi) is 9.86. The molecule has 1 N–H and O–H groups in total. The van der Waals surface area contributed by atoms with E-state index in [1.54, 1.807) is 23.1 Å². The van der Waals surface area contributed by atoms with Gasteiger partial charge in [0, 0.05) is 31.7 Å². The van der Waals surface area contributed by atoms with Gasteiger partial charge in [0.05, 0.1) is 38.0 Å². The van der Waals surface area contributed by atoms with Gasteiger partial charge in [-0.15, -0.1) is 0 Å². The number of unbranched alkanes of at least 4 members (excludes halogenated alkanes) is 1. The highest BCUT2D eigenvalue weighted by Crippen LogP contribution is 2.43. The van der Waals surface area contributed by atoms with E-state index in [1.807, 2.05) is 25.1 Å². The largest absolute Gasteiger partial charge is 0.507 e. The summed E-state index contributed by atoms with van der Waals surface area (Å²) in [5.41, 5.74) is 1.07. The highest BCUT2D eigenvalue weighted by Gasteiger charge is 2.46. The minimum absolute atomic E-state index is 0.0325. The number of amides is 1. The second kappa shape index (κ2) is 13.9. The third kappa shape index (κ3) is 6.50. The number of benzene rings is 2. The van der Waals surface area contributed by atoms with Crippen LogP contribution >= 0.6 is 0 Å². The lowest BCUT2D eigenvalue weighted by Crippen LogP contribution is -2.39. The van der Waals surface area contributed by atoms with E-state index in [2.05, 4.69) is 11.8 Å². The van der Waals surface area contributed by atoms with E-state index in [1.165, 1.54) is 0 Å². The molecule has 3 aliphatic heterocycles. The number of likely N-dealkylation sites (tertiary alicyclic amines) is 1. The lowest BCUT2D eigenvalue weighted by Gasteiger charge is -2.29. The van der Waals surface area contributed by atoms with Crippen LogP contribution in [0.4, 0.5) is 0 Å². The number of nitrogens with zero attached hydrogens (tertiary/aromatic N) is 2. The fraction of sp³-hybridized carbons (Fsp3) is 0.500. The van der Waals surface area contributed by atoms with Crippen molar-refractivity contribution in [3.8, 4) is 23.0 Å². The maximum Gasteiger partial charge on any atom is 0.295 e. The number of Topliss-reactive ketones (excluding diaryl/α,β-unsaturated/α-hetero) is 1. The van der Waals surface area contributed by atoms with Crippen LogP contribution in [0.25, 0.3) is 5.76 Å². The average Bonchev–Trinajstić information content (AvgIpc) is 3.27. The minimum atomic E-state index is -0.799. The van der Waals surface area contributed by atoms with Gasteiger partial charge in [0.1, 0.15) is 19.0 Å². The summed E-state index contributed by atoms with van der Waals surface area (Å²) >= 11 is 0. The Morgan fingerprint density at radius 3 is 2.45 bits per heavy atom. The third-order valence-corrected chi connectivity index (χ3v) is 7.67. The quantitative estimate of drug-likeness (QED) is 0.171. The Morgan fingerprint density at radius 2 is 1.69 bits per heavy atom. The first-order valence-corrected chi connectivity index (χ1v) is 14.9. The van der Waals surface area contributed by atoms with E-state index >= 15 is 0 Å². The summed E-state index contributed by atoms with van der Waals surface area (Å²) in [4.78, 5) is 30.9. The summed E-state index contributed by atoms with van der Waals surface area (Å²) < 4.78 is 28.7. The predicted octanol–water partition coefficient (Wildman–Crippen LogP) is 4.18. The van der Waals surface area contributed by atoms with Gasteiger partial charge in [-0.2, -0.15) is 0 Å². The Bertz CT molecular complexity index is 1300. The topological polar surface area (TPSA) is 107 Å². The minimum Gasteiger partial charge on any atom is -0.507 e. The Morgan fingerprint density at radius 1 is 0.905 bits per heavy atom.